The van der Waals surface area contributed by atoms with Gasteiger partial charge in [-0.15, -0.1) is 0 Å². The van der Waals surface area contributed by atoms with Crippen LogP contribution in [-0.4, -0.2) is 39.2 Å². The lowest BCUT2D eigenvalue weighted by Crippen LogP contribution is -2.17. The molecular weight excluding hydrogens is 390 g/mol. The number of ether oxygens (including phenoxy) is 4. The number of hydrogen-bond acceptors (Lipinski definition) is 7. The highest BCUT2D eigenvalue weighted by Gasteiger charge is 2.19. The molecule has 0 bridgehead atoms. The minimum atomic E-state index is -0.662. The van der Waals surface area contributed by atoms with Crippen LogP contribution in [-0.2, 0) is 14.3 Å². The molecule has 30 heavy (non-hydrogen) atoms. The number of esters is 2. The van der Waals surface area contributed by atoms with E-state index in [9.17, 15) is 14.4 Å². The number of fused-ring (bicyclic) bond motifs is 1. The first-order valence-corrected chi connectivity index (χ1v) is 8.81. The molecule has 1 heterocycles. The van der Waals surface area contributed by atoms with Gasteiger partial charge in [0.15, 0.2) is 0 Å². The van der Waals surface area contributed by atoms with Gasteiger partial charge in [0.2, 0.25) is 0 Å². The Morgan fingerprint density at radius 3 is 2.40 bits per heavy atom. The van der Waals surface area contributed by atoms with Gasteiger partial charge in [-0.25, -0.2) is 9.59 Å². The van der Waals surface area contributed by atoms with E-state index in [1.54, 1.807) is 24.3 Å². The van der Waals surface area contributed by atoms with Gasteiger partial charge in [0.25, 0.3) is 5.91 Å². The van der Waals surface area contributed by atoms with Crippen LogP contribution in [0.2, 0.25) is 0 Å². The van der Waals surface area contributed by atoms with Crippen molar-refractivity contribution in [3.63, 3.8) is 0 Å². The smallest absolute Gasteiger partial charge is 0.339 e. The molecule has 0 aliphatic carbocycles. The van der Waals surface area contributed by atoms with E-state index in [1.807, 2.05) is 0 Å². The molecule has 8 nitrogen and oxygen atoms in total. The first kappa shape index (κ1) is 20.7. The van der Waals surface area contributed by atoms with Crippen LogP contribution in [0.15, 0.2) is 54.3 Å². The molecule has 1 aliphatic rings. The third-order valence-corrected chi connectivity index (χ3v) is 4.33. The Labute approximate surface area is 172 Å². The van der Waals surface area contributed by atoms with E-state index in [1.165, 1.54) is 51.9 Å². The minimum absolute atomic E-state index is 0.0926. The quantitative estimate of drug-likeness (QED) is 0.757. The van der Waals surface area contributed by atoms with Crippen LogP contribution >= 0.6 is 0 Å². The molecular formula is C22H19NO7. The van der Waals surface area contributed by atoms with E-state index < -0.39 is 17.8 Å². The molecule has 0 saturated carbocycles. The zero-order chi connectivity index (χ0) is 21.7. The van der Waals surface area contributed by atoms with Crippen LogP contribution in [0.1, 0.15) is 26.3 Å². The SMILES string of the molecule is COC(=O)c1ccc(C(=O)OC)c(NC(=O)C2=Cc3cc(OC)ccc3OC=C2)c1. The predicted molar refractivity (Wildman–Crippen MR) is 108 cm³/mol. The number of carbonyl (C=O) groups excluding carboxylic acids is 3. The van der Waals surface area contributed by atoms with Crippen molar-refractivity contribution in [1.82, 2.24) is 0 Å². The summed E-state index contributed by atoms with van der Waals surface area (Å²) in [4.78, 5) is 36.8. The topological polar surface area (TPSA) is 100 Å². The third-order valence-electron chi connectivity index (χ3n) is 4.33. The molecule has 1 aliphatic heterocycles. The van der Waals surface area contributed by atoms with Crippen LogP contribution in [0, 0.1) is 0 Å². The van der Waals surface area contributed by atoms with E-state index in [2.05, 4.69) is 5.32 Å². The highest BCUT2D eigenvalue weighted by Crippen LogP contribution is 2.29. The molecule has 154 valence electrons. The lowest BCUT2D eigenvalue weighted by molar-refractivity contribution is -0.112. The number of anilines is 1. The second kappa shape index (κ2) is 8.95. The Kier molecular flexibility index (Phi) is 6.17. The van der Waals surface area contributed by atoms with Gasteiger partial charge in [0.05, 0.1) is 44.4 Å². The molecule has 0 unspecified atom stereocenters. The summed E-state index contributed by atoms with van der Waals surface area (Å²) in [6.45, 7) is 0. The first-order chi connectivity index (χ1) is 14.5. The minimum Gasteiger partial charge on any atom is -0.497 e. The standard InChI is InChI=1S/C22H19NO7/c1-27-16-5-7-19-15(11-16)10-13(8-9-30-19)20(24)23-18-12-14(21(25)28-2)4-6-17(18)22(26)29-3/h4-12H,1-3H3,(H,23,24). The van der Waals surface area contributed by atoms with Gasteiger partial charge in [0.1, 0.15) is 11.5 Å². The third kappa shape index (κ3) is 4.33. The van der Waals surface area contributed by atoms with Crippen LogP contribution < -0.4 is 14.8 Å². The van der Waals surface area contributed by atoms with Gasteiger partial charge in [0, 0.05) is 11.1 Å². The van der Waals surface area contributed by atoms with Crippen molar-refractivity contribution in [3.8, 4) is 11.5 Å². The van der Waals surface area contributed by atoms with E-state index >= 15 is 0 Å². The van der Waals surface area contributed by atoms with Crippen LogP contribution in [0.5, 0.6) is 11.5 Å². The molecule has 8 heteroatoms. The second-order valence-corrected chi connectivity index (χ2v) is 6.12. The van der Waals surface area contributed by atoms with Crippen LogP contribution in [0.4, 0.5) is 5.69 Å². The molecule has 2 aromatic carbocycles. The molecule has 0 saturated heterocycles. The molecule has 3 rings (SSSR count). The van der Waals surface area contributed by atoms with E-state index in [-0.39, 0.29) is 22.4 Å². The Hall–Kier alpha value is -4.07. The predicted octanol–water partition coefficient (Wildman–Crippen LogP) is 3.20. The number of hydrogen-bond donors (Lipinski definition) is 1. The molecule has 2 aromatic rings. The highest BCUT2D eigenvalue weighted by atomic mass is 16.5. The Bertz CT molecular complexity index is 1070. The summed E-state index contributed by atoms with van der Waals surface area (Å²) < 4.78 is 20.2. The van der Waals surface area contributed by atoms with Crippen molar-refractivity contribution < 1.29 is 33.3 Å². The normalized spacial score (nSPS) is 11.9. The largest absolute Gasteiger partial charge is 0.497 e. The Morgan fingerprint density at radius 1 is 0.933 bits per heavy atom. The summed E-state index contributed by atoms with van der Waals surface area (Å²) >= 11 is 0. The number of carbonyl (C=O) groups is 3. The molecule has 0 spiro atoms. The second-order valence-electron chi connectivity index (χ2n) is 6.12. The Balaban J connectivity index is 1.97. The number of benzene rings is 2. The summed E-state index contributed by atoms with van der Waals surface area (Å²) in [6.07, 6.45) is 4.50. The van der Waals surface area contributed by atoms with Gasteiger partial charge in [-0.05, 0) is 48.6 Å². The maximum Gasteiger partial charge on any atom is 0.339 e. The fraction of sp³-hybridized carbons (Fsp3) is 0.136. The average Bonchev–Trinajstić information content (AvgIpc) is 2.99. The highest BCUT2D eigenvalue weighted by molar-refractivity contribution is 6.12. The van der Waals surface area contributed by atoms with Gasteiger partial charge in [-0.3, -0.25) is 4.79 Å². The van der Waals surface area contributed by atoms with Gasteiger partial charge < -0.3 is 24.3 Å². The van der Waals surface area contributed by atoms with E-state index in [0.717, 1.165) is 0 Å². The summed E-state index contributed by atoms with van der Waals surface area (Å²) in [5.74, 6) is -0.625. The molecule has 0 radical (unpaired) electrons. The maximum atomic E-state index is 12.9. The molecule has 1 amide bonds. The summed E-state index contributed by atoms with van der Waals surface area (Å²) in [5, 5.41) is 2.65. The van der Waals surface area contributed by atoms with Crippen LogP contribution in [0.3, 0.4) is 0 Å². The number of amides is 1. The van der Waals surface area contributed by atoms with Crippen molar-refractivity contribution in [2.75, 3.05) is 26.6 Å². The number of nitrogens with one attached hydrogen (secondary N) is 1. The molecule has 0 fully saturated rings. The lowest BCUT2D eigenvalue weighted by Gasteiger charge is -2.12. The maximum absolute atomic E-state index is 12.9. The van der Waals surface area contributed by atoms with Gasteiger partial charge >= 0.3 is 11.9 Å². The average molecular weight is 409 g/mol. The molecule has 0 atom stereocenters. The molecule has 0 aromatic heterocycles. The van der Waals surface area contributed by atoms with Gasteiger partial charge in [-0.2, -0.15) is 0 Å². The van der Waals surface area contributed by atoms with Gasteiger partial charge in [-0.1, -0.05) is 0 Å². The van der Waals surface area contributed by atoms with Crippen molar-refractivity contribution in [1.29, 1.82) is 0 Å². The summed E-state index contributed by atoms with van der Waals surface area (Å²) in [7, 11) is 4.00. The van der Waals surface area contributed by atoms with Crippen molar-refractivity contribution in [2.24, 2.45) is 0 Å². The summed E-state index contributed by atoms with van der Waals surface area (Å²) in [5.41, 5.74) is 1.28. The zero-order valence-electron chi connectivity index (χ0n) is 16.6. The fourth-order valence-corrected chi connectivity index (χ4v) is 2.79. The Morgan fingerprint density at radius 2 is 1.70 bits per heavy atom. The first-order valence-electron chi connectivity index (χ1n) is 8.81. The van der Waals surface area contributed by atoms with Crippen molar-refractivity contribution >= 4 is 29.6 Å². The zero-order valence-corrected chi connectivity index (χ0v) is 16.6. The summed E-state index contributed by atoms with van der Waals surface area (Å²) in [6, 6.07) is 9.35. The van der Waals surface area contributed by atoms with E-state index in [0.29, 0.717) is 17.1 Å². The number of methoxy groups -OCH3 is 3. The monoisotopic (exact) mass is 409 g/mol. The van der Waals surface area contributed by atoms with Crippen molar-refractivity contribution in [2.45, 2.75) is 0 Å². The lowest BCUT2D eigenvalue weighted by atomic mass is 10.1. The molecule has 1 N–H and O–H groups in total. The van der Waals surface area contributed by atoms with Crippen molar-refractivity contribution in [3.05, 3.63) is 71.0 Å². The van der Waals surface area contributed by atoms with E-state index in [4.69, 9.17) is 18.9 Å². The number of rotatable bonds is 5. The van der Waals surface area contributed by atoms with Crippen LogP contribution in [0.25, 0.3) is 6.08 Å². The fourth-order valence-electron chi connectivity index (χ4n) is 2.79.